The number of fused-ring (bicyclic) bond motifs is 1. The highest BCUT2D eigenvalue weighted by Gasteiger charge is 2.21. The molecule has 2 atom stereocenters. The lowest BCUT2D eigenvalue weighted by atomic mass is 9.87. The second-order valence-corrected chi connectivity index (χ2v) is 4.88. The third kappa shape index (κ3) is 3.07. The summed E-state index contributed by atoms with van der Waals surface area (Å²) in [6.45, 7) is 2.02. The van der Waals surface area contributed by atoms with Crippen LogP contribution in [0.25, 0.3) is 0 Å². The van der Waals surface area contributed by atoms with Gasteiger partial charge in [0.25, 0.3) is 0 Å². The Kier molecular flexibility index (Phi) is 3.79. The van der Waals surface area contributed by atoms with Crippen LogP contribution in [0.15, 0.2) is 24.3 Å². The second kappa shape index (κ2) is 5.32. The summed E-state index contributed by atoms with van der Waals surface area (Å²) in [5.41, 5.74) is 8.03. The van der Waals surface area contributed by atoms with Gasteiger partial charge in [0.1, 0.15) is 0 Å². The summed E-state index contributed by atoms with van der Waals surface area (Å²) in [4.78, 5) is 10.9. The molecule has 1 aromatic rings. The van der Waals surface area contributed by atoms with E-state index in [-0.39, 0.29) is 11.9 Å². The van der Waals surface area contributed by atoms with E-state index >= 15 is 0 Å². The highest BCUT2D eigenvalue weighted by Crippen LogP contribution is 2.29. The van der Waals surface area contributed by atoms with Gasteiger partial charge >= 0.3 is 0 Å². The van der Waals surface area contributed by atoms with Gasteiger partial charge in [-0.2, -0.15) is 0 Å². The van der Waals surface area contributed by atoms with Crippen molar-refractivity contribution in [2.24, 2.45) is 5.73 Å². The molecule has 0 aliphatic heterocycles. The summed E-state index contributed by atoms with van der Waals surface area (Å²) in [6.07, 6.45) is 3.91. The van der Waals surface area contributed by atoms with Gasteiger partial charge in [0.05, 0.1) is 0 Å². The van der Waals surface area contributed by atoms with Gasteiger partial charge in [-0.3, -0.25) is 4.79 Å². The number of hydrogen-bond acceptors (Lipinski definition) is 2. The fourth-order valence-electron chi connectivity index (χ4n) is 2.63. The van der Waals surface area contributed by atoms with Crippen LogP contribution in [0.5, 0.6) is 0 Å². The second-order valence-electron chi connectivity index (χ2n) is 4.88. The van der Waals surface area contributed by atoms with Crippen molar-refractivity contribution in [1.29, 1.82) is 0 Å². The molecule has 0 heterocycles. The number of carbonyl (C=O) groups excluding carboxylic acids is 1. The van der Waals surface area contributed by atoms with Crippen LogP contribution in [0.4, 0.5) is 0 Å². The van der Waals surface area contributed by atoms with Gasteiger partial charge in [-0.1, -0.05) is 24.3 Å². The Morgan fingerprint density at radius 2 is 2.29 bits per heavy atom. The van der Waals surface area contributed by atoms with Crippen LogP contribution >= 0.6 is 0 Å². The molecule has 3 nitrogen and oxygen atoms in total. The van der Waals surface area contributed by atoms with E-state index in [1.807, 2.05) is 6.92 Å². The predicted octanol–water partition coefficient (Wildman–Crippen LogP) is 1.92. The normalized spacial score (nSPS) is 20.6. The molecule has 3 heteroatoms. The van der Waals surface area contributed by atoms with Crippen molar-refractivity contribution >= 4 is 5.91 Å². The number of carbonyl (C=O) groups is 1. The molecule has 3 N–H and O–H groups in total. The summed E-state index contributed by atoms with van der Waals surface area (Å²) < 4.78 is 0. The van der Waals surface area contributed by atoms with Crippen LogP contribution < -0.4 is 11.1 Å². The standard InChI is InChI=1S/C14H20N2O/c1-10(9-14(15)17)16-13-8-4-6-11-5-2-3-7-12(11)13/h2-3,5,7,10,13,16H,4,6,8-9H2,1H3,(H2,15,17). The summed E-state index contributed by atoms with van der Waals surface area (Å²) >= 11 is 0. The maximum absolute atomic E-state index is 10.9. The van der Waals surface area contributed by atoms with E-state index < -0.39 is 0 Å². The van der Waals surface area contributed by atoms with Gasteiger partial charge in [-0.25, -0.2) is 0 Å². The Morgan fingerprint density at radius 3 is 3.06 bits per heavy atom. The molecule has 2 unspecified atom stereocenters. The van der Waals surface area contributed by atoms with E-state index in [4.69, 9.17) is 5.73 Å². The zero-order valence-corrected chi connectivity index (χ0v) is 10.3. The van der Waals surface area contributed by atoms with Gasteiger partial charge in [0, 0.05) is 18.5 Å². The average Bonchev–Trinajstić information content (AvgIpc) is 2.28. The minimum absolute atomic E-state index is 0.142. The first-order valence-electron chi connectivity index (χ1n) is 6.29. The van der Waals surface area contributed by atoms with Crippen molar-refractivity contribution in [3.05, 3.63) is 35.4 Å². The Hall–Kier alpha value is -1.35. The Morgan fingerprint density at radius 1 is 1.53 bits per heavy atom. The number of nitrogens with two attached hydrogens (primary N) is 1. The molecule has 92 valence electrons. The quantitative estimate of drug-likeness (QED) is 0.833. The first-order valence-corrected chi connectivity index (χ1v) is 6.29. The first-order chi connectivity index (χ1) is 8.16. The van der Waals surface area contributed by atoms with Gasteiger partial charge in [-0.05, 0) is 37.3 Å². The van der Waals surface area contributed by atoms with Crippen LogP contribution in [0.1, 0.15) is 43.4 Å². The molecule has 1 aliphatic rings. The lowest BCUT2D eigenvalue weighted by molar-refractivity contribution is -0.118. The number of nitrogens with one attached hydrogen (secondary N) is 1. The zero-order valence-electron chi connectivity index (χ0n) is 10.3. The summed E-state index contributed by atoms with van der Waals surface area (Å²) in [7, 11) is 0. The fraction of sp³-hybridized carbons (Fsp3) is 0.500. The molecule has 0 bridgehead atoms. The molecule has 1 amide bonds. The number of aryl methyl sites for hydroxylation is 1. The minimum Gasteiger partial charge on any atom is -0.370 e. The van der Waals surface area contributed by atoms with Gasteiger partial charge in [0.2, 0.25) is 5.91 Å². The highest BCUT2D eigenvalue weighted by molar-refractivity contribution is 5.74. The molecule has 1 aliphatic carbocycles. The molecule has 17 heavy (non-hydrogen) atoms. The molecule has 1 aromatic carbocycles. The smallest absolute Gasteiger partial charge is 0.218 e. The first kappa shape index (κ1) is 12.1. The molecule has 0 fully saturated rings. The summed E-state index contributed by atoms with van der Waals surface area (Å²) in [6, 6.07) is 9.06. The third-order valence-corrected chi connectivity index (χ3v) is 3.36. The van der Waals surface area contributed by atoms with Gasteiger partial charge in [0.15, 0.2) is 0 Å². The van der Waals surface area contributed by atoms with Crippen molar-refractivity contribution < 1.29 is 4.79 Å². The molecule has 0 spiro atoms. The lowest BCUT2D eigenvalue weighted by Gasteiger charge is -2.29. The number of amides is 1. The maximum Gasteiger partial charge on any atom is 0.218 e. The largest absolute Gasteiger partial charge is 0.370 e. The van der Waals surface area contributed by atoms with Crippen molar-refractivity contribution in [2.75, 3.05) is 0 Å². The van der Waals surface area contributed by atoms with Crippen molar-refractivity contribution in [3.63, 3.8) is 0 Å². The topological polar surface area (TPSA) is 55.1 Å². The molecular formula is C14H20N2O. The molecule has 0 saturated carbocycles. The van der Waals surface area contributed by atoms with E-state index in [9.17, 15) is 4.79 Å². The monoisotopic (exact) mass is 232 g/mol. The molecule has 0 aromatic heterocycles. The number of hydrogen-bond donors (Lipinski definition) is 2. The summed E-state index contributed by atoms with van der Waals surface area (Å²) in [5.74, 6) is -0.242. The fourth-order valence-corrected chi connectivity index (χ4v) is 2.63. The van der Waals surface area contributed by atoms with Crippen LogP contribution in [-0.2, 0) is 11.2 Å². The zero-order chi connectivity index (χ0) is 12.3. The van der Waals surface area contributed by atoms with E-state index in [0.717, 1.165) is 6.42 Å². The van der Waals surface area contributed by atoms with Crippen molar-refractivity contribution in [2.45, 2.75) is 44.7 Å². The number of rotatable bonds is 4. The average molecular weight is 232 g/mol. The van der Waals surface area contributed by atoms with E-state index in [1.54, 1.807) is 0 Å². The van der Waals surface area contributed by atoms with Crippen LogP contribution in [0.2, 0.25) is 0 Å². The molecule has 0 radical (unpaired) electrons. The maximum atomic E-state index is 10.9. The van der Waals surface area contributed by atoms with Crippen LogP contribution in [-0.4, -0.2) is 11.9 Å². The SMILES string of the molecule is CC(CC(N)=O)NC1CCCc2ccccc21. The molecular weight excluding hydrogens is 212 g/mol. The van der Waals surface area contributed by atoms with E-state index in [2.05, 4.69) is 29.6 Å². The minimum atomic E-state index is -0.242. The molecule has 0 saturated heterocycles. The lowest BCUT2D eigenvalue weighted by Crippen LogP contribution is -2.35. The van der Waals surface area contributed by atoms with Gasteiger partial charge in [-0.15, -0.1) is 0 Å². The third-order valence-electron chi connectivity index (χ3n) is 3.36. The highest BCUT2D eigenvalue weighted by atomic mass is 16.1. The van der Waals surface area contributed by atoms with Crippen molar-refractivity contribution in [3.8, 4) is 0 Å². The Labute approximate surface area is 102 Å². The van der Waals surface area contributed by atoms with Crippen LogP contribution in [0.3, 0.4) is 0 Å². The van der Waals surface area contributed by atoms with E-state index in [0.29, 0.717) is 12.5 Å². The number of primary amides is 1. The van der Waals surface area contributed by atoms with E-state index in [1.165, 1.54) is 24.0 Å². The Balaban J connectivity index is 2.05. The van der Waals surface area contributed by atoms with Crippen LogP contribution in [0, 0.1) is 0 Å². The molecule has 2 rings (SSSR count). The van der Waals surface area contributed by atoms with Gasteiger partial charge < -0.3 is 11.1 Å². The van der Waals surface area contributed by atoms with Crippen molar-refractivity contribution in [1.82, 2.24) is 5.32 Å². The number of benzene rings is 1. The summed E-state index contributed by atoms with van der Waals surface area (Å²) in [5, 5.41) is 3.51. The Bertz CT molecular complexity index is 403. The predicted molar refractivity (Wildman–Crippen MR) is 68.5 cm³/mol.